The van der Waals surface area contributed by atoms with Crippen molar-refractivity contribution >= 4 is 17.5 Å². The standard InChI is InChI=1S/C17H21ClN4O2/c1-11-16(17(24)21(2)10-12-6-5-9-15(12)23)19-20-22(11)14-8-4-3-7-13(14)18/h3-4,7-8,12,15,23H,5-6,9-10H2,1-2H3. The van der Waals surface area contributed by atoms with E-state index in [2.05, 4.69) is 10.3 Å². The van der Waals surface area contributed by atoms with Crippen molar-refractivity contribution in [1.82, 2.24) is 19.9 Å². The van der Waals surface area contributed by atoms with E-state index in [4.69, 9.17) is 11.6 Å². The lowest BCUT2D eigenvalue weighted by molar-refractivity contribution is 0.0687. The number of nitrogens with zero attached hydrogens (tertiary/aromatic N) is 4. The molecule has 0 aliphatic heterocycles. The van der Waals surface area contributed by atoms with Crippen molar-refractivity contribution in [3.05, 3.63) is 40.7 Å². The number of hydrogen-bond acceptors (Lipinski definition) is 4. The summed E-state index contributed by atoms with van der Waals surface area (Å²) in [6, 6.07) is 7.30. The Morgan fingerprint density at radius 3 is 2.83 bits per heavy atom. The summed E-state index contributed by atoms with van der Waals surface area (Å²) in [6.07, 6.45) is 2.45. The molecule has 1 heterocycles. The van der Waals surface area contributed by atoms with Crippen LogP contribution in [0.4, 0.5) is 0 Å². The first kappa shape index (κ1) is 16.9. The smallest absolute Gasteiger partial charge is 0.276 e. The van der Waals surface area contributed by atoms with E-state index in [0.29, 0.717) is 28.6 Å². The molecule has 2 atom stereocenters. The lowest BCUT2D eigenvalue weighted by Crippen LogP contribution is -2.35. The molecule has 1 fully saturated rings. The molecule has 128 valence electrons. The summed E-state index contributed by atoms with van der Waals surface area (Å²) in [4.78, 5) is 14.3. The molecule has 24 heavy (non-hydrogen) atoms. The molecule has 1 aliphatic carbocycles. The Kier molecular flexibility index (Phi) is 4.87. The first-order valence-electron chi connectivity index (χ1n) is 8.09. The number of aliphatic hydroxyl groups excluding tert-OH is 1. The van der Waals surface area contributed by atoms with Gasteiger partial charge in [-0.3, -0.25) is 4.79 Å². The average molecular weight is 349 g/mol. The van der Waals surface area contributed by atoms with Crippen LogP contribution in [-0.4, -0.2) is 50.6 Å². The molecule has 0 saturated heterocycles. The second kappa shape index (κ2) is 6.91. The monoisotopic (exact) mass is 348 g/mol. The second-order valence-corrected chi connectivity index (χ2v) is 6.74. The van der Waals surface area contributed by atoms with E-state index in [0.717, 1.165) is 19.3 Å². The van der Waals surface area contributed by atoms with Gasteiger partial charge < -0.3 is 10.0 Å². The van der Waals surface area contributed by atoms with Crippen LogP contribution in [0.5, 0.6) is 0 Å². The number of carbonyl (C=O) groups excluding carboxylic acids is 1. The molecule has 1 aromatic carbocycles. The van der Waals surface area contributed by atoms with Crippen LogP contribution >= 0.6 is 11.6 Å². The molecule has 1 N–H and O–H groups in total. The van der Waals surface area contributed by atoms with Crippen LogP contribution in [0.25, 0.3) is 5.69 Å². The van der Waals surface area contributed by atoms with Crippen molar-refractivity contribution in [3.63, 3.8) is 0 Å². The Morgan fingerprint density at radius 1 is 1.42 bits per heavy atom. The maximum absolute atomic E-state index is 12.7. The van der Waals surface area contributed by atoms with Gasteiger partial charge in [-0.2, -0.15) is 0 Å². The average Bonchev–Trinajstić information content (AvgIpc) is 3.13. The summed E-state index contributed by atoms with van der Waals surface area (Å²) in [6.45, 7) is 2.33. The molecule has 3 rings (SSSR count). The van der Waals surface area contributed by atoms with E-state index in [1.807, 2.05) is 18.2 Å². The number of para-hydroxylation sites is 1. The van der Waals surface area contributed by atoms with Gasteiger partial charge in [0.25, 0.3) is 5.91 Å². The van der Waals surface area contributed by atoms with Crippen molar-refractivity contribution in [2.75, 3.05) is 13.6 Å². The topological polar surface area (TPSA) is 71.2 Å². The first-order valence-corrected chi connectivity index (χ1v) is 8.47. The molecule has 2 aromatic rings. The zero-order chi connectivity index (χ0) is 17.3. The number of rotatable bonds is 4. The van der Waals surface area contributed by atoms with Crippen LogP contribution in [0, 0.1) is 12.8 Å². The summed E-state index contributed by atoms with van der Waals surface area (Å²) >= 11 is 6.20. The Morgan fingerprint density at radius 2 is 2.17 bits per heavy atom. The van der Waals surface area contributed by atoms with Crippen molar-refractivity contribution in [2.24, 2.45) is 5.92 Å². The molecule has 1 amide bonds. The van der Waals surface area contributed by atoms with Crippen LogP contribution in [0.3, 0.4) is 0 Å². The Bertz CT molecular complexity index is 746. The molecule has 1 aliphatic rings. The highest BCUT2D eigenvalue weighted by Gasteiger charge is 2.29. The molecular formula is C17H21ClN4O2. The first-order chi connectivity index (χ1) is 11.5. The predicted molar refractivity (Wildman–Crippen MR) is 91.4 cm³/mol. The highest BCUT2D eigenvalue weighted by atomic mass is 35.5. The Labute approximate surface area is 146 Å². The van der Waals surface area contributed by atoms with Gasteiger partial charge >= 0.3 is 0 Å². The van der Waals surface area contributed by atoms with Crippen molar-refractivity contribution < 1.29 is 9.90 Å². The maximum atomic E-state index is 12.7. The summed E-state index contributed by atoms with van der Waals surface area (Å²) in [5, 5.41) is 18.6. The van der Waals surface area contributed by atoms with Gasteiger partial charge in [-0.1, -0.05) is 35.4 Å². The predicted octanol–water partition coefficient (Wildman–Crippen LogP) is 2.46. The van der Waals surface area contributed by atoms with Gasteiger partial charge in [0.1, 0.15) is 0 Å². The van der Waals surface area contributed by atoms with Crippen LogP contribution in [0.1, 0.15) is 35.4 Å². The summed E-state index contributed by atoms with van der Waals surface area (Å²) in [5.74, 6) is -0.0530. The summed E-state index contributed by atoms with van der Waals surface area (Å²) in [7, 11) is 1.74. The third kappa shape index (κ3) is 3.16. The largest absolute Gasteiger partial charge is 0.393 e. The van der Waals surface area contributed by atoms with E-state index in [1.54, 1.807) is 29.6 Å². The number of carbonyl (C=O) groups is 1. The Hall–Kier alpha value is -1.92. The van der Waals surface area contributed by atoms with Crippen molar-refractivity contribution in [3.8, 4) is 5.69 Å². The quantitative estimate of drug-likeness (QED) is 0.921. The van der Waals surface area contributed by atoms with Crippen LogP contribution in [0.2, 0.25) is 5.02 Å². The molecule has 0 radical (unpaired) electrons. The zero-order valence-corrected chi connectivity index (χ0v) is 14.6. The molecule has 0 spiro atoms. The van der Waals surface area contributed by atoms with Crippen LogP contribution in [-0.2, 0) is 0 Å². The highest BCUT2D eigenvalue weighted by molar-refractivity contribution is 6.32. The molecule has 7 heteroatoms. The summed E-state index contributed by atoms with van der Waals surface area (Å²) in [5.41, 5.74) is 1.65. The number of amides is 1. The fraction of sp³-hybridized carbons (Fsp3) is 0.471. The van der Waals surface area contributed by atoms with Crippen molar-refractivity contribution in [1.29, 1.82) is 0 Å². The third-order valence-electron chi connectivity index (χ3n) is 4.65. The van der Waals surface area contributed by atoms with E-state index in [1.165, 1.54) is 0 Å². The van der Waals surface area contributed by atoms with Gasteiger partial charge in [-0.25, -0.2) is 4.68 Å². The van der Waals surface area contributed by atoms with Crippen molar-refractivity contribution in [2.45, 2.75) is 32.3 Å². The molecule has 2 unspecified atom stereocenters. The van der Waals surface area contributed by atoms with Crippen LogP contribution < -0.4 is 0 Å². The minimum atomic E-state index is -0.319. The van der Waals surface area contributed by atoms with Gasteiger partial charge in [0.15, 0.2) is 5.69 Å². The Balaban J connectivity index is 1.80. The normalized spacial score (nSPS) is 20.3. The van der Waals surface area contributed by atoms with Gasteiger partial charge in [-0.05, 0) is 31.9 Å². The number of halogens is 1. The highest BCUT2D eigenvalue weighted by Crippen LogP contribution is 2.27. The summed E-state index contributed by atoms with van der Waals surface area (Å²) < 4.78 is 1.58. The van der Waals surface area contributed by atoms with Crippen LogP contribution in [0.15, 0.2) is 24.3 Å². The van der Waals surface area contributed by atoms with Gasteiger partial charge in [0, 0.05) is 19.5 Å². The zero-order valence-electron chi connectivity index (χ0n) is 13.8. The van der Waals surface area contributed by atoms with Gasteiger partial charge in [0.05, 0.1) is 22.5 Å². The number of aliphatic hydroxyl groups is 1. The number of aromatic nitrogens is 3. The number of hydrogen-bond donors (Lipinski definition) is 1. The third-order valence-corrected chi connectivity index (χ3v) is 4.97. The van der Waals surface area contributed by atoms with E-state index >= 15 is 0 Å². The van der Waals surface area contributed by atoms with E-state index in [9.17, 15) is 9.90 Å². The lowest BCUT2D eigenvalue weighted by atomic mass is 10.1. The second-order valence-electron chi connectivity index (χ2n) is 6.33. The van der Waals surface area contributed by atoms with E-state index < -0.39 is 0 Å². The molecule has 6 nitrogen and oxygen atoms in total. The lowest BCUT2D eigenvalue weighted by Gasteiger charge is -2.22. The molecular weight excluding hydrogens is 328 g/mol. The minimum Gasteiger partial charge on any atom is -0.393 e. The fourth-order valence-electron chi connectivity index (χ4n) is 3.22. The van der Waals surface area contributed by atoms with E-state index in [-0.39, 0.29) is 17.9 Å². The maximum Gasteiger partial charge on any atom is 0.276 e. The minimum absolute atomic E-state index is 0.137. The SMILES string of the molecule is Cc1c(C(=O)N(C)CC2CCCC2O)nnn1-c1ccccc1Cl. The number of benzene rings is 1. The molecule has 0 bridgehead atoms. The molecule has 1 saturated carbocycles. The molecule has 1 aromatic heterocycles. The fourth-order valence-corrected chi connectivity index (χ4v) is 3.44. The van der Waals surface area contributed by atoms with Gasteiger partial charge in [-0.15, -0.1) is 5.10 Å². The van der Waals surface area contributed by atoms with Gasteiger partial charge in [0.2, 0.25) is 0 Å².